The third kappa shape index (κ3) is 2.72. The summed E-state index contributed by atoms with van der Waals surface area (Å²) in [6.07, 6.45) is 3.00. The van der Waals surface area contributed by atoms with Gasteiger partial charge in [0, 0.05) is 18.0 Å². The summed E-state index contributed by atoms with van der Waals surface area (Å²) in [6, 6.07) is 15.1. The summed E-state index contributed by atoms with van der Waals surface area (Å²) in [5.41, 5.74) is 1.78. The SMILES string of the molecule is O=C(c1csnn1)N1CCC[C@H]1Cc1cccc2ccccc12. The second-order valence-electron chi connectivity index (χ2n) is 5.93. The van der Waals surface area contributed by atoms with Crippen LogP contribution in [-0.2, 0) is 6.42 Å². The standard InChI is InChI=1S/C18H17N3OS/c22-18(17-12-23-20-19-17)21-10-4-8-15(21)11-14-7-3-6-13-5-1-2-9-16(13)14/h1-3,5-7,9,12,15H,4,8,10-11H2/t15-/m0/s1. The first-order chi connectivity index (χ1) is 11.3. The second-order valence-corrected chi connectivity index (χ2v) is 6.54. The molecule has 4 rings (SSSR count). The van der Waals surface area contributed by atoms with Crippen LogP contribution in [0.3, 0.4) is 0 Å². The number of fused-ring (bicyclic) bond motifs is 1. The molecular weight excluding hydrogens is 306 g/mol. The predicted molar refractivity (Wildman–Crippen MR) is 91.6 cm³/mol. The van der Waals surface area contributed by atoms with Crippen LogP contribution in [0.4, 0.5) is 0 Å². The van der Waals surface area contributed by atoms with Crippen molar-refractivity contribution >= 4 is 28.2 Å². The van der Waals surface area contributed by atoms with E-state index in [1.165, 1.54) is 27.9 Å². The number of aromatic nitrogens is 2. The van der Waals surface area contributed by atoms with Crippen molar-refractivity contribution in [1.82, 2.24) is 14.5 Å². The first kappa shape index (κ1) is 14.3. The Bertz CT molecular complexity index is 826. The van der Waals surface area contributed by atoms with Gasteiger partial charge in [-0.25, -0.2) is 0 Å². The molecule has 0 bridgehead atoms. The van der Waals surface area contributed by atoms with Crippen molar-refractivity contribution in [3.63, 3.8) is 0 Å². The van der Waals surface area contributed by atoms with E-state index < -0.39 is 0 Å². The van der Waals surface area contributed by atoms with Crippen molar-refractivity contribution in [2.24, 2.45) is 0 Å². The van der Waals surface area contributed by atoms with Crippen LogP contribution in [0.15, 0.2) is 47.8 Å². The lowest BCUT2D eigenvalue weighted by molar-refractivity contribution is 0.0730. The zero-order chi connectivity index (χ0) is 15.6. The second kappa shape index (κ2) is 6.08. The van der Waals surface area contributed by atoms with Crippen molar-refractivity contribution in [2.45, 2.75) is 25.3 Å². The Morgan fingerprint density at radius 1 is 1.22 bits per heavy atom. The normalized spacial score (nSPS) is 17.7. The van der Waals surface area contributed by atoms with Crippen LogP contribution in [-0.4, -0.2) is 33.0 Å². The number of hydrogen-bond acceptors (Lipinski definition) is 4. The topological polar surface area (TPSA) is 46.1 Å². The van der Waals surface area contributed by atoms with Gasteiger partial charge in [-0.1, -0.05) is 47.0 Å². The van der Waals surface area contributed by atoms with Gasteiger partial charge in [-0.15, -0.1) is 5.10 Å². The van der Waals surface area contributed by atoms with Crippen LogP contribution in [0.5, 0.6) is 0 Å². The van der Waals surface area contributed by atoms with Gasteiger partial charge < -0.3 is 4.90 Å². The third-order valence-corrected chi connectivity index (χ3v) is 5.06. The third-order valence-electron chi connectivity index (χ3n) is 4.55. The largest absolute Gasteiger partial charge is 0.334 e. The Hall–Kier alpha value is -2.27. The lowest BCUT2D eigenvalue weighted by Crippen LogP contribution is -2.37. The number of hydrogen-bond donors (Lipinski definition) is 0. The highest BCUT2D eigenvalue weighted by molar-refractivity contribution is 7.03. The molecule has 0 N–H and O–H groups in total. The van der Waals surface area contributed by atoms with Crippen LogP contribution in [0.2, 0.25) is 0 Å². The van der Waals surface area contributed by atoms with Gasteiger partial charge in [-0.05, 0) is 47.1 Å². The van der Waals surface area contributed by atoms with Crippen molar-refractivity contribution < 1.29 is 4.79 Å². The summed E-state index contributed by atoms with van der Waals surface area (Å²) >= 11 is 1.23. The highest BCUT2D eigenvalue weighted by Crippen LogP contribution is 2.26. The lowest BCUT2D eigenvalue weighted by atomic mass is 9.97. The first-order valence-corrected chi connectivity index (χ1v) is 8.71. The molecule has 5 heteroatoms. The monoisotopic (exact) mass is 323 g/mol. The Morgan fingerprint density at radius 3 is 2.96 bits per heavy atom. The predicted octanol–water partition coefficient (Wildman–Crippen LogP) is 3.54. The van der Waals surface area contributed by atoms with Crippen molar-refractivity contribution in [2.75, 3.05) is 6.54 Å². The van der Waals surface area contributed by atoms with Crippen LogP contribution < -0.4 is 0 Å². The fourth-order valence-electron chi connectivity index (χ4n) is 3.44. The molecule has 116 valence electrons. The fourth-order valence-corrected chi connectivity index (χ4v) is 3.87. The van der Waals surface area contributed by atoms with Gasteiger partial charge >= 0.3 is 0 Å². The number of carbonyl (C=O) groups excluding carboxylic acids is 1. The molecule has 4 nitrogen and oxygen atoms in total. The molecule has 1 amide bonds. The van der Waals surface area contributed by atoms with Gasteiger partial charge in [0.05, 0.1) is 0 Å². The molecule has 1 aliphatic heterocycles. The molecule has 1 saturated heterocycles. The van der Waals surface area contributed by atoms with Gasteiger partial charge in [0.25, 0.3) is 5.91 Å². The fraction of sp³-hybridized carbons (Fsp3) is 0.278. The molecule has 3 aromatic rings. The molecule has 1 aromatic heterocycles. The highest BCUT2D eigenvalue weighted by Gasteiger charge is 2.30. The van der Waals surface area contributed by atoms with Gasteiger partial charge in [0.2, 0.25) is 0 Å². The van der Waals surface area contributed by atoms with Crippen LogP contribution in [0.25, 0.3) is 10.8 Å². The average Bonchev–Trinajstić information content (AvgIpc) is 3.26. The van der Waals surface area contributed by atoms with Gasteiger partial charge in [-0.3, -0.25) is 4.79 Å². The summed E-state index contributed by atoms with van der Waals surface area (Å²) in [7, 11) is 0. The first-order valence-electron chi connectivity index (χ1n) is 7.87. The molecule has 0 radical (unpaired) electrons. The van der Waals surface area contributed by atoms with Gasteiger partial charge in [-0.2, -0.15) is 0 Å². The minimum absolute atomic E-state index is 0.0153. The van der Waals surface area contributed by atoms with E-state index in [0.717, 1.165) is 25.8 Å². The summed E-state index contributed by atoms with van der Waals surface area (Å²) in [5.74, 6) is 0.0153. The zero-order valence-corrected chi connectivity index (χ0v) is 13.5. The molecule has 2 heterocycles. The summed E-state index contributed by atoms with van der Waals surface area (Å²) in [5, 5.41) is 8.20. The number of nitrogens with zero attached hydrogens (tertiary/aromatic N) is 3. The zero-order valence-electron chi connectivity index (χ0n) is 12.7. The molecule has 0 aliphatic carbocycles. The maximum atomic E-state index is 12.6. The number of amides is 1. The maximum Gasteiger partial charge on any atom is 0.275 e. The highest BCUT2D eigenvalue weighted by atomic mass is 32.1. The van der Waals surface area contributed by atoms with E-state index in [9.17, 15) is 4.79 Å². The smallest absolute Gasteiger partial charge is 0.275 e. The van der Waals surface area contributed by atoms with Crippen LogP contribution in [0.1, 0.15) is 28.9 Å². The van der Waals surface area contributed by atoms with E-state index in [2.05, 4.69) is 52.1 Å². The molecule has 23 heavy (non-hydrogen) atoms. The van der Waals surface area contributed by atoms with Crippen LogP contribution >= 0.6 is 11.5 Å². The molecule has 0 saturated carbocycles. The maximum absolute atomic E-state index is 12.6. The molecule has 1 fully saturated rings. The number of carbonyl (C=O) groups is 1. The Kier molecular flexibility index (Phi) is 3.79. The lowest BCUT2D eigenvalue weighted by Gasteiger charge is -2.24. The van der Waals surface area contributed by atoms with E-state index >= 15 is 0 Å². The Morgan fingerprint density at radius 2 is 2.09 bits per heavy atom. The van der Waals surface area contributed by atoms with Crippen molar-refractivity contribution in [1.29, 1.82) is 0 Å². The molecule has 1 atom stereocenters. The summed E-state index contributed by atoms with van der Waals surface area (Å²) < 4.78 is 3.81. The number of rotatable bonds is 3. The molecule has 2 aromatic carbocycles. The quantitative estimate of drug-likeness (QED) is 0.740. The molecular formula is C18H17N3OS. The Balaban J connectivity index is 1.61. The number of benzene rings is 2. The average molecular weight is 323 g/mol. The Labute approximate surface area is 138 Å². The number of likely N-dealkylation sites (tertiary alicyclic amines) is 1. The van der Waals surface area contributed by atoms with E-state index in [4.69, 9.17) is 0 Å². The van der Waals surface area contributed by atoms with E-state index in [1.54, 1.807) is 5.38 Å². The summed E-state index contributed by atoms with van der Waals surface area (Å²) in [4.78, 5) is 14.6. The minimum Gasteiger partial charge on any atom is -0.334 e. The van der Waals surface area contributed by atoms with E-state index in [0.29, 0.717) is 5.69 Å². The minimum atomic E-state index is 0.0153. The molecule has 0 spiro atoms. The van der Waals surface area contributed by atoms with Crippen molar-refractivity contribution in [3.8, 4) is 0 Å². The van der Waals surface area contributed by atoms with E-state index in [1.807, 2.05) is 4.90 Å². The van der Waals surface area contributed by atoms with Crippen molar-refractivity contribution in [3.05, 3.63) is 59.1 Å². The molecule has 1 aliphatic rings. The van der Waals surface area contributed by atoms with E-state index in [-0.39, 0.29) is 11.9 Å². The van der Waals surface area contributed by atoms with Gasteiger partial charge in [0.15, 0.2) is 5.69 Å². The molecule has 0 unspecified atom stereocenters. The van der Waals surface area contributed by atoms with Crippen LogP contribution in [0, 0.1) is 0 Å². The summed E-state index contributed by atoms with van der Waals surface area (Å²) in [6.45, 7) is 0.811. The van der Waals surface area contributed by atoms with Gasteiger partial charge in [0.1, 0.15) is 0 Å².